The van der Waals surface area contributed by atoms with Gasteiger partial charge in [0.2, 0.25) is 0 Å². The zero-order valence-corrected chi connectivity index (χ0v) is 15.9. The Morgan fingerprint density at radius 1 is 1.07 bits per heavy atom. The number of hydrogen-bond acceptors (Lipinski definition) is 5. The van der Waals surface area contributed by atoms with Crippen molar-refractivity contribution in [3.63, 3.8) is 0 Å². The number of carbonyl (C=O) groups is 1. The van der Waals surface area contributed by atoms with Crippen LogP contribution in [0.15, 0.2) is 71.2 Å². The van der Waals surface area contributed by atoms with Gasteiger partial charge in [-0.05, 0) is 34.7 Å². The number of carbonyl (C=O) groups excluding carboxylic acids is 1. The van der Waals surface area contributed by atoms with Gasteiger partial charge in [-0.15, -0.1) is 11.3 Å². The summed E-state index contributed by atoms with van der Waals surface area (Å²) in [5, 5.41) is 7.08. The molecule has 4 nitrogen and oxygen atoms in total. The highest BCUT2D eigenvalue weighted by atomic mass is 32.2. The summed E-state index contributed by atoms with van der Waals surface area (Å²) < 4.78 is 25.4. The van der Waals surface area contributed by atoms with E-state index in [-0.39, 0.29) is 22.4 Å². The number of hydrogen-bond donors (Lipinski definition) is 1. The molecular formula is C20H13F2N3OS2. The number of amides is 1. The quantitative estimate of drug-likeness (QED) is 0.412. The summed E-state index contributed by atoms with van der Waals surface area (Å²) in [6.07, 6.45) is 1.38. The second-order valence-corrected chi connectivity index (χ2v) is 7.59. The number of nitrogens with zero attached hydrogens (tertiary/aromatic N) is 2. The summed E-state index contributed by atoms with van der Waals surface area (Å²) in [6, 6.07) is 16.9. The highest BCUT2D eigenvalue weighted by Gasteiger charge is 2.18. The van der Waals surface area contributed by atoms with E-state index in [2.05, 4.69) is 15.3 Å². The molecule has 1 amide bonds. The lowest BCUT2D eigenvalue weighted by atomic mass is 10.0. The van der Waals surface area contributed by atoms with Gasteiger partial charge in [-0.1, -0.05) is 42.5 Å². The van der Waals surface area contributed by atoms with Crippen LogP contribution in [-0.2, 0) is 0 Å². The second kappa shape index (κ2) is 8.04. The number of halogens is 2. The monoisotopic (exact) mass is 413 g/mol. The van der Waals surface area contributed by atoms with Crippen molar-refractivity contribution < 1.29 is 13.6 Å². The third-order valence-corrected chi connectivity index (χ3v) is 5.49. The molecule has 140 valence electrons. The van der Waals surface area contributed by atoms with Crippen LogP contribution in [0.3, 0.4) is 0 Å². The molecule has 0 saturated carbocycles. The molecule has 8 heteroatoms. The normalized spacial score (nSPS) is 11.1. The molecule has 4 rings (SSSR count). The first-order chi connectivity index (χ1) is 13.6. The van der Waals surface area contributed by atoms with Gasteiger partial charge in [0.1, 0.15) is 5.03 Å². The molecule has 0 aliphatic rings. The summed E-state index contributed by atoms with van der Waals surface area (Å²) >= 11 is 1.52. The first-order valence-electron chi connectivity index (χ1n) is 8.26. The molecule has 0 fully saturated rings. The highest BCUT2D eigenvalue weighted by molar-refractivity contribution is 7.99. The zero-order valence-electron chi connectivity index (χ0n) is 14.3. The fourth-order valence-electron chi connectivity index (χ4n) is 2.81. The van der Waals surface area contributed by atoms with Crippen molar-refractivity contribution >= 4 is 44.9 Å². The minimum Gasteiger partial charge on any atom is -0.298 e. The standard InChI is InChI=1S/C20H13F2N3OS2/c21-19(22)28-18-15(9-4-10-23-18)17(26)25-20-24-16(11-27-20)14-8-3-6-12-5-1-2-7-13(12)14/h1-11,19H,(H,24,25,26). The Hall–Kier alpha value is -2.84. The molecule has 0 saturated heterocycles. The lowest BCUT2D eigenvalue weighted by Gasteiger charge is -2.07. The zero-order chi connectivity index (χ0) is 19.5. The van der Waals surface area contributed by atoms with Crippen molar-refractivity contribution in [2.45, 2.75) is 10.8 Å². The predicted molar refractivity (Wildman–Crippen MR) is 109 cm³/mol. The number of anilines is 1. The molecule has 2 heterocycles. The van der Waals surface area contributed by atoms with Crippen LogP contribution < -0.4 is 5.32 Å². The number of benzene rings is 2. The van der Waals surface area contributed by atoms with Crippen LogP contribution in [-0.4, -0.2) is 21.6 Å². The van der Waals surface area contributed by atoms with E-state index in [1.165, 1.54) is 29.7 Å². The van der Waals surface area contributed by atoms with Crippen molar-refractivity contribution in [2.24, 2.45) is 0 Å². The third-order valence-electron chi connectivity index (χ3n) is 4.01. The SMILES string of the molecule is O=C(Nc1nc(-c2cccc3ccccc23)cs1)c1cccnc1SC(F)F. The number of thiazole rings is 1. The Balaban J connectivity index is 1.60. The topological polar surface area (TPSA) is 54.9 Å². The first-order valence-corrected chi connectivity index (χ1v) is 10.0. The molecular weight excluding hydrogens is 400 g/mol. The van der Waals surface area contributed by atoms with Gasteiger partial charge in [0.25, 0.3) is 11.7 Å². The van der Waals surface area contributed by atoms with Crippen LogP contribution in [0.1, 0.15) is 10.4 Å². The van der Waals surface area contributed by atoms with Gasteiger partial charge in [0.15, 0.2) is 5.13 Å². The molecule has 0 radical (unpaired) electrons. The van der Waals surface area contributed by atoms with E-state index < -0.39 is 11.7 Å². The summed E-state index contributed by atoms with van der Waals surface area (Å²) in [5.41, 5.74) is 1.80. The maximum atomic E-state index is 12.7. The average molecular weight is 413 g/mol. The number of pyridine rings is 1. The Morgan fingerprint density at radius 3 is 2.75 bits per heavy atom. The summed E-state index contributed by atoms with van der Waals surface area (Å²) in [6.45, 7) is 0. The van der Waals surface area contributed by atoms with Gasteiger partial charge >= 0.3 is 0 Å². The molecule has 28 heavy (non-hydrogen) atoms. The van der Waals surface area contributed by atoms with Crippen molar-refractivity contribution in [1.29, 1.82) is 0 Å². The van der Waals surface area contributed by atoms with E-state index >= 15 is 0 Å². The third kappa shape index (κ3) is 3.88. The lowest BCUT2D eigenvalue weighted by molar-refractivity contribution is 0.102. The van der Waals surface area contributed by atoms with Gasteiger partial charge in [0, 0.05) is 17.1 Å². The predicted octanol–water partition coefficient (Wildman–Crippen LogP) is 5.93. The van der Waals surface area contributed by atoms with Crippen LogP contribution in [0, 0.1) is 0 Å². The van der Waals surface area contributed by atoms with Crippen molar-refractivity contribution in [1.82, 2.24) is 9.97 Å². The second-order valence-electron chi connectivity index (χ2n) is 5.75. The number of rotatable bonds is 5. The summed E-state index contributed by atoms with van der Waals surface area (Å²) in [7, 11) is 0. The summed E-state index contributed by atoms with van der Waals surface area (Å²) in [4.78, 5) is 20.9. The van der Waals surface area contributed by atoms with E-state index in [0.717, 1.165) is 22.0 Å². The molecule has 0 bridgehead atoms. The molecule has 0 aliphatic carbocycles. The lowest BCUT2D eigenvalue weighted by Crippen LogP contribution is -2.13. The van der Waals surface area contributed by atoms with Gasteiger partial charge in [-0.25, -0.2) is 9.97 Å². The number of alkyl halides is 2. The minimum atomic E-state index is -2.65. The van der Waals surface area contributed by atoms with Crippen LogP contribution >= 0.6 is 23.1 Å². The molecule has 0 aliphatic heterocycles. The van der Waals surface area contributed by atoms with Gasteiger partial charge in [-0.3, -0.25) is 10.1 Å². The molecule has 1 N–H and O–H groups in total. The largest absolute Gasteiger partial charge is 0.298 e. The molecule has 4 aromatic rings. The smallest absolute Gasteiger partial charge is 0.290 e. The molecule has 0 unspecified atom stereocenters. The Labute approximate surface area is 167 Å². The fraction of sp³-hybridized carbons (Fsp3) is 0.0500. The number of thioether (sulfide) groups is 1. The van der Waals surface area contributed by atoms with Gasteiger partial charge in [0.05, 0.1) is 11.3 Å². The number of nitrogens with one attached hydrogen (secondary N) is 1. The Kier molecular flexibility index (Phi) is 5.31. The Morgan fingerprint density at radius 2 is 1.89 bits per heavy atom. The van der Waals surface area contributed by atoms with Crippen LogP contribution in [0.25, 0.3) is 22.0 Å². The van der Waals surface area contributed by atoms with Gasteiger partial charge in [-0.2, -0.15) is 8.78 Å². The molecule has 2 aromatic heterocycles. The maximum Gasteiger partial charge on any atom is 0.290 e. The van der Waals surface area contributed by atoms with Crippen LogP contribution in [0.4, 0.5) is 13.9 Å². The molecule has 0 spiro atoms. The maximum absolute atomic E-state index is 12.7. The minimum absolute atomic E-state index is 0.0131. The fourth-order valence-corrected chi connectivity index (χ4v) is 4.09. The van der Waals surface area contributed by atoms with E-state index in [4.69, 9.17) is 0 Å². The highest BCUT2D eigenvalue weighted by Crippen LogP contribution is 2.32. The first kappa shape index (κ1) is 18.5. The number of fused-ring (bicyclic) bond motifs is 1. The molecule has 2 aromatic carbocycles. The van der Waals surface area contributed by atoms with Gasteiger partial charge < -0.3 is 0 Å². The summed E-state index contributed by atoms with van der Waals surface area (Å²) in [5.74, 6) is -3.17. The van der Waals surface area contributed by atoms with Crippen LogP contribution in [0.2, 0.25) is 0 Å². The Bertz CT molecular complexity index is 1140. The van der Waals surface area contributed by atoms with Crippen molar-refractivity contribution in [2.75, 3.05) is 5.32 Å². The van der Waals surface area contributed by atoms with Crippen LogP contribution in [0.5, 0.6) is 0 Å². The van der Waals surface area contributed by atoms with Crippen molar-refractivity contribution in [3.05, 3.63) is 71.7 Å². The number of aromatic nitrogens is 2. The van der Waals surface area contributed by atoms with E-state index in [1.54, 1.807) is 0 Å². The van der Waals surface area contributed by atoms with E-state index in [9.17, 15) is 13.6 Å². The van der Waals surface area contributed by atoms with E-state index in [0.29, 0.717) is 5.13 Å². The van der Waals surface area contributed by atoms with Crippen molar-refractivity contribution in [3.8, 4) is 11.3 Å². The average Bonchev–Trinajstić information content (AvgIpc) is 3.15. The van der Waals surface area contributed by atoms with E-state index in [1.807, 2.05) is 47.8 Å². The molecule has 0 atom stereocenters.